The number of benzene rings is 1. The van der Waals surface area contributed by atoms with Crippen LogP contribution in [0.2, 0.25) is 0 Å². The molecule has 12 heteroatoms. The Bertz CT molecular complexity index is 1080. The van der Waals surface area contributed by atoms with Gasteiger partial charge in [-0.2, -0.15) is 13.2 Å². The highest BCUT2D eigenvalue weighted by Gasteiger charge is 2.36. The van der Waals surface area contributed by atoms with E-state index in [0.29, 0.717) is 11.6 Å². The predicted molar refractivity (Wildman–Crippen MR) is 89.1 cm³/mol. The van der Waals surface area contributed by atoms with Gasteiger partial charge in [0.05, 0.1) is 16.4 Å². The molecule has 0 spiro atoms. The molecule has 0 aliphatic carbocycles. The maximum Gasteiger partial charge on any atom is 0.452 e. The number of sulfonamides is 1. The van der Waals surface area contributed by atoms with Crippen molar-refractivity contribution in [2.45, 2.75) is 30.5 Å². The smallest absolute Gasteiger partial charge is 0.351 e. The van der Waals surface area contributed by atoms with Crippen LogP contribution in [0.25, 0.3) is 11.3 Å². The summed E-state index contributed by atoms with van der Waals surface area (Å²) in [4.78, 5) is -0.166. The highest BCUT2D eigenvalue weighted by molar-refractivity contribution is 7.92. The second-order valence-corrected chi connectivity index (χ2v) is 10.2. The van der Waals surface area contributed by atoms with Crippen LogP contribution >= 0.6 is 0 Å². The lowest BCUT2D eigenvalue weighted by atomic mass is 10.1. The van der Waals surface area contributed by atoms with Crippen LogP contribution in [0.15, 0.2) is 33.7 Å². The molecule has 1 saturated heterocycles. The summed E-state index contributed by atoms with van der Waals surface area (Å²) in [6.45, 7) is 1.52. The summed E-state index contributed by atoms with van der Waals surface area (Å²) in [5.41, 5.74) is 0.313. The monoisotopic (exact) mass is 424 g/mol. The molecular weight excluding hydrogens is 409 g/mol. The van der Waals surface area contributed by atoms with E-state index in [1.165, 1.54) is 25.1 Å². The molecule has 3 rings (SSSR count). The van der Waals surface area contributed by atoms with Gasteiger partial charge in [-0.1, -0.05) is 17.3 Å². The molecular formula is C15H15F3N2O5S2. The fourth-order valence-corrected chi connectivity index (χ4v) is 6.08. The van der Waals surface area contributed by atoms with Crippen LogP contribution in [0.4, 0.5) is 13.2 Å². The molecule has 7 nitrogen and oxygen atoms in total. The van der Waals surface area contributed by atoms with Crippen LogP contribution in [-0.2, 0) is 26.0 Å². The Hall–Kier alpha value is -1.92. The van der Waals surface area contributed by atoms with Gasteiger partial charge in [-0.3, -0.25) is 0 Å². The van der Waals surface area contributed by atoms with Crippen molar-refractivity contribution in [3.05, 3.63) is 35.6 Å². The van der Waals surface area contributed by atoms with E-state index in [4.69, 9.17) is 0 Å². The van der Waals surface area contributed by atoms with Gasteiger partial charge < -0.3 is 4.52 Å². The molecule has 1 aliphatic heterocycles. The van der Waals surface area contributed by atoms with Crippen LogP contribution < -0.4 is 4.72 Å². The van der Waals surface area contributed by atoms with Gasteiger partial charge in [-0.15, -0.1) is 0 Å². The Morgan fingerprint density at radius 1 is 1.26 bits per heavy atom. The van der Waals surface area contributed by atoms with E-state index in [1.807, 2.05) is 0 Å². The molecule has 0 saturated carbocycles. The van der Waals surface area contributed by atoms with Crippen molar-refractivity contribution in [1.82, 2.24) is 9.88 Å². The van der Waals surface area contributed by atoms with Crippen molar-refractivity contribution in [2.24, 2.45) is 0 Å². The van der Waals surface area contributed by atoms with E-state index in [1.54, 1.807) is 0 Å². The molecule has 1 unspecified atom stereocenters. The largest absolute Gasteiger partial charge is 0.452 e. The average molecular weight is 424 g/mol. The van der Waals surface area contributed by atoms with E-state index >= 15 is 0 Å². The predicted octanol–water partition coefficient (Wildman–Crippen LogP) is 2.13. The molecule has 1 atom stereocenters. The minimum absolute atomic E-state index is 0.0988. The van der Waals surface area contributed by atoms with Crippen molar-refractivity contribution < 1.29 is 34.5 Å². The number of alkyl halides is 3. The van der Waals surface area contributed by atoms with Crippen molar-refractivity contribution in [3.63, 3.8) is 0 Å². The SMILES string of the molecule is Cc1ccc(-c2cc(C(F)(F)F)on2)cc1S(=O)(=O)NC1CCS(=O)(=O)C1. The number of nitrogens with one attached hydrogen (secondary N) is 1. The molecule has 27 heavy (non-hydrogen) atoms. The minimum Gasteiger partial charge on any atom is -0.351 e. The van der Waals surface area contributed by atoms with Gasteiger partial charge in [0.1, 0.15) is 5.69 Å². The zero-order chi connectivity index (χ0) is 20.0. The van der Waals surface area contributed by atoms with Crippen molar-refractivity contribution in [1.29, 1.82) is 0 Å². The molecule has 0 amide bonds. The number of halogens is 3. The second kappa shape index (κ2) is 6.60. The minimum atomic E-state index is -4.71. The summed E-state index contributed by atoms with van der Waals surface area (Å²) in [7, 11) is -7.35. The normalized spacial score (nSPS) is 20.1. The second-order valence-electron chi connectivity index (χ2n) is 6.28. The summed E-state index contributed by atoms with van der Waals surface area (Å²) >= 11 is 0. The zero-order valence-electron chi connectivity index (χ0n) is 13.9. The number of nitrogens with zero attached hydrogens (tertiary/aromatic N) is 1. The summed E-state index contributed by atoms with van der Waals surface area (Å²) < 4.78 is 92.9. The van der Waals surface area contributed by atoms with Gasteiger partial charge in [0, 0.05) is 17.7 Å². The fourth-order valence-electron chi connectivity index (χ4n) is 2.76. The Labute approximate surface area is 153 Å². The number of hydrogen-bond acceptors (Lipinski definition) is 6. The molecule has 2 heterocycles. The van der Waals surface area contributed by atoms with Gasteiger partial charge in [0.15, 0.2) is 9.84 Å². The van der Waals surface area contributed by atoms with Crippen LogP contribution in [0.1, 0.15) is 17.7 Å². The lowest BCUT2D eigenvalue weighted by Gasteiger charge is -2.14. The standard InChI is InChI=1S/C15H15F3N2O5S2/c1-9-2-3-10(12-7-14(25-19-12)15(16,17)18)6-13(9)27(23,24)20-11-4-5-26(21,22)8-11/h2-3,6-7,11,20H,4-5,8H2,1H3. The third kappa shape index (κ3) is 4.33. The first-order chi connectivity index (χ1) is 12.4. The van der Waals surface area contributed by atoms with E-state index in [9.17, 15) is 30.0 Å². The Kier molecular flexibility index (Phi) is 4.85. The van der Waals surface area contributed by atoms with Gasteiger partial charge in [-0.25, -0.2) is 21.6 Å². The Morgan fingerprint density at radius 2 is 1.96 bits per heavy atom. The quantitative estimate of drug-likeness (QED) is 0.806. The molecule has 0 bridgehead atoms. The van der Waals surface area contributed by atoms with Crippen molar-refractivity contribution >= 4 is 19.9 Å². The fraction of sp³-hybridized carbons (Fsp3) is 0.400. The highest BCUT2D eigenvalue weighted by Crippen LogP contribution is 2.33. The van der Waals surface area contributed by atoms with Crippen LogP contribution in [0.3, 0.4) is 0 Å². The van der Waals surface area contributed by atoms with E-state index in [2.05, 4.69) is 14.4 Å². The van der Waals surface area contributed by atoms with E-state index in [-0.39, 0.29) is 34.1 Å². The lowest BCUT2D eigenvalue weighted by molar-refractivity contribution is -0.155. The average Bonchev–Trinajstić information content (AvgIpc) is 3.13. The lowest BCUT2D eigenvalue weighted by Crippen LogP contribution is -2.35. The zero-order valence-corrected chi connectivity index (χ0v) is 15.6. The van der Waals surface area contributed by atoms with E-state index in [0.717, 1.165) is 0 Å². The maximum absolute atomic E-state index is 12.7. The number of hydrogen-bond donors (Lipinski definition) is 1. The molecule has 1 fully saturated rings. The topological polar surface area (TPSA) is 106 Å². The van der Waals surface area contributed by atoms with E-state index < -0.39 is 37.8 Å². The van der Waals surface area contributed by atoms with Gasteiger partial charge in [0.25, 0.3) is 0 Å². The summed E-state index contributed by atoms with van der Waals surface area (Å²) in [5.74, 6) is -1.68. The number of aromatic nitrogens is 1. The van der Waals surface area contributed by atoms with Crippen molar-refractivity contribution in [3.8, 4) is 11.3 Å². The maximum atomic E-state index is 12.7. The first-order valence-corrected chi connectivity index (χ1v) is 11.1. The molecule has 1 N–H and O–H groups in total. The highest BCUT2D eigenvalue weighted by atomic mass is 32.2. The molecule has 1 aromatic heterocycles. The number of sulfone groups is 1. The number of rotatable bonds is 4. The van der Waals surface area contributed by atoms with Gasteiger partial charge >= 0.3 is 6.18 Å². The van der Waals surface area contributed by atoms with Crippen molar-refractivity contribution in [2.75, 3.05) is 11.5 Å². The van der Waals surface area contributed by atoms with Crippen LogP contribution in [0, 0.1) is 6.92 Å². The summed E-state index contributed by atoms with van der Waals surface area (Å²) in [6, 6.07) is 3.97. The molecule has 1 aromatic carbocycles. The summed E-state index contributed by atoms with van der Waals surface area (Å²) in [5, 5.41) is 3.34. The molecule has 148 valence electrons. The first-order valence-electron chi connectivity index (χ1n) is 7.75. The Balaban J connectivity index is 1.92. The number of aryl methyl sites for hydroxylation is 1. The molecule has 1 aliphatic rings. The summed E-state index contributed by atoms with van der Waals surface area (Å²) in [6.07, 6.45) is -4.54. The third-order valence-corrected chi connectivity index (χ3v) is 7.55. The van der Waals surface area contributed by atoms with Gasteiger partial charge in [0.2, 0.25) is 15.8 Å². The van der Waals surface area contributed by atoms with Crippen LogP contribution in [0.5, 0.6) is 0 Å². The third-order valence-electron chi connectivity index (χ3n) is 4.12. The van der Waals surface area contributed by atoms with Gasteiger partial charge in [-0.05, 0) is 25.0 Å². The first kappa shape index (κ1) is 19.8. The molecule has 0 radical (unpaired) electrons. The Morgan fingerprint density at radius 3 is 2.52 bits per heavy atom. The van der Waals surface area contributed by atoms with Crippen LogP contribution in [-0.4, -0.2) is 39.5 Å². The molecule has 2 aromatic rings.